The molecular formula is C30H30N4O4. The van der Waals surface area contributed by atoms with E-state index in [-0.39, 0.29) is 11.3 Å². The quantitative estimate of drug-likeness (QED) is 0.340. The van der Waals surface area contributed by atoms with Gasteiger partial charge in [-0.1, -0.05) is 60.7 Å². The maximum Gasteiger partial charge on any atom is 0.357 e. The first-order valence-electron chi connectivity index (χ1n) is 12.6. The van der Waals surface area contributed by atoms with E-state index >= 15 is 0 Å². The first-order valence-corrected chi connectivity index (χ1v) is 12.6. The van der Waals surface area contributed by atoms with Gasteiger partial charge in [0.1, 0.15) is 11.3 Å². The van der Waals surface area contributed by atoms with Crippen LogP contribution in [0.1, 0.15) is 26.4 Å². The number of esters is 2. The lowest BCUT2D eigenvalue weighted by Gasteiger charge is -2.36. The lowest BCUT2D eigenvalue weighted by Crippen LogP contribution is -2.45. The van der Waals surface area contributed by atoms with Crippen LogP contribution in [-0.2, 0) is 16.0 Å². The number of methoxy groups -OCH3 is 2. The first kappa shape index (κ1) is 25.2. The maximum absolute atomic E-state index is 12.9. The Morgan fingerprint density at radius 2 is 1.34 bits per heavy atom. The molecule has 1 saturated heterocycles. The molecule has 2 heterocycles. The Morgan fingerprint density at radius 1 is 0.737 bits per heavy atom. The van der Waals surface area contributed by atoms with Crippen LogP contribution < -0.4 is 4.90 Å². The van der Waals surface area contributed by atoms with Crippen molar-refractivity contribution < 1.29 is 19.1 Å². The number of ether oxygens (including phenoxy) is 2. The van der Waals surface area contributed by atoms with Gasteiger partial charge in [-0.2, -0.15) is 5.10 Å². The second-order valence-electron chi connectivity index (χ2n) is 9.10. The number of benzene rings is 3. The highest BCUT2D eigenvalue weighted by Crippen LogP contribution is 2.31. The zero-order valence-electron chi connectivity index (χ0n) is 21.5. The predicted molar refractivity (Wildman–Crippen MR) is 146 cm³/mol. The van der Waals surface area contributed by atoms with E-state index < -0.39 is 11.9 Å². The van der Waals surface area contributed by atoms with E-state index in [1.54, 1.807) is 0 Å². The van der Waals surface area contributed by atoms with Crippen LogP contribution in [0.25, 0.3) is 16.9 Å². The second-order valence-corrected chi connectivity index (χ2v) is 9.10. The van der Waals surface area contributed by atoms with Crippen LogP contribution in [0.15, 0.2) is 84.9 Å². The molecule has 0 spiro atoms. The van der Waals surface area contributed by atoms with Gasteiger partial charge in [0.15, 0.2) is 5.69 Å². The predicted octanol–water partition coefficient (Wildman–Crippen LogP) is 4.43. The molecule has 8 nitrogen and oxygen atoms in total. The van der Waals surface area contributed by atoms with Gasteiger partial charge in [0.05, 0.1) is 19.9 Å². The number of hydrogen-bond acceptors (Lipinski definition) is 7. The summed E-state index contributed by atoms with van der Waals surface area (Å²) in [5.74, 6) is -1.32. The van der Waals surface area contributed by atoms with Gasteiger partial charge in [0.25, 0.3) is 0 Å². The molecule has 1 aromatic heterocycles. The Hall–Kier alpha value is -4.43. The summed E-state index contributed by atoms with van der Waals surface area (Å²) < 4.78 is 11.5. The molecular weight excluding hydrogens is 480 g/mol. The van der Waals surface area contributed by atoms with Crippen molar-refractivity contribution in [3.8, 4) is 16.9 Å². The SMILES string of the molecule is COC(=O)c1c(-c2ccc(N3CCN(Cc4ccccc4)CC3)cc2)nn(-c2ccccc2)c1C(=O)OC. The molecule has 0 atom stereocenters. The molecule has 1 fully saturated rings. The van der Waals surface area contributed by atoms with E-state index in [0.717, 1.165) is 38.4 Å². The molecule has 0 saturated carbocycles. The highest BCUT2D eigenvalue weighted by molar-refractivity contribution is 6.06. The summed E-state index contributed by atoms with van der Waals surface area (Å²) >= 11 is 0. The number of hydrogen-bond donors (Lipinski definition) is 0. The van der Waals surface area contributed by atoms with Gasteiger partial charge < -0.3 is 14.4 Å². The summed E-state index contributed by atoms with van der Waals surface area (Å²) in [6, 6.07) is 27.6. The standard InChI is InChI=1S/C30H30N4O4/c1-37-29(35)26-27(31-34(28(26)30(36)38-2)25-11-7-4-8-12-25)23-13-15-24(16-14-23)33-19-17-32(18-20-33)21-22-9-5-3-6-10-22/h3-16H,17-21H2,1-2H3. The molecule has 0 bridgehead atoms. The molecule has 0 aliphatic carbocycles. The fourth-order valence-corrected chi connectivity index (χ4v) is 4.79. The summed E-state index contributed by atoms with van der Waals surface area (Å²) in [7, 11) is 2.56. The topological polar surface area (TPSA) is 76.9 Å². The lowest BCUT2D eigenvalue weighted by molar-refractivity contribution is 0.0549. The molecule has 5 rings (SSSR count). The molecule has 0 radical (unpaired) electrons. The Labute approximate surface area is 222 Å². The zero-order valence-corrected chi connectivity index (χ0v) is 21.5. The Kier molecular flexibility index (Phi) is 7.51. The van der Waals surface area contributed by atoms with E-state index in [9.17, 15) is 9.59 Å². The zero-order chi connectivity index (χ0) is 26.5. The van der Waals surface area contributed by atoms with Gasteiger partial charge in [-0.3, -0.25) is 4.90 Å². The van der Waals surface area contributed by atoms with E-state index in [4.69, 9.17) is 9.47 Å². The van der Waals surface area contributed by atoms with Gasteiger partial charge in [-0.25, -0.2) is 14.3 Å². The van der Waals surface area contributed by atoms with Crippen molar-refractivity contribution in [2.45, 2.75) is 6.54 Å². The summed E-state index contributed by atoms with van der Waals surface area (Å²) in [5, 5.41) is 4.68. The number of aromatic nitrogens is 2. The van der Waals surface area contributed by atoms with Crippen LogP contribution in [0, 0.1) is 0 Å². The lowest BCUT2D eigenvalue weighted by atomic mass is 10.0. The molecule has 1 aliphatic rings. The molecule has 194 valence electrons. The van der Waals surface area contributed by atoms with Crippen LogP contribution in [0.3, 0.4) is 0 Å². The molecule has 0 unspecified atom stereocenters. The minimum atomic E-state index is -0.669. The van der Waals surface area contributed by atoms with Crippen LogP contribution in [0.2, 0.25) is 0 Å². The molecule has 0 amide bonds. The van der Waals surface area contributed by atoms with Gasteiger partial charge in [-0.15, -0.1) is 0 Å². The number of carbonyl (C=O) groups is 2. The van der Waals surface area contributed by atoms with Crippen molar-refractivity contribution in [1.29, 1.82) is 0 Å². The van der Waals surface area contributed by atoms with Gasteiger partial charge >= 0.3 is 11.9 Å². The van der Waals surface area contributed by atoms with E-state index in [1.807, 2.05) is 60.7 Å². The van der Waals surface area contributed by atoms with Gasteiger partial charge in [0.2, 0.25) is 0 Å². The number of anilines is 1. The molecule has 38 heavy (non-hydrogen) atoms. The molecule has 0 N–H and O–H groups in total. The van der Waals surface area contributed by atoms with Crippen molar-refractivity contribution in [3.63, 3.8) is 0 Å². The van der Waals surface area contributed by atoms with Crippen LogP contribution >= 0.6 is 0 Å². The number of para-hydroxylation sites is 1. The molecule has 8 heteroatoms. The summed E-state index contributed by atoms with van der Waals surface area (Å²) in [6.45, 7) is 4.76. The van der Waals surface area contributed by atoms with Crippen molar-refractivity contribution in [2.75, 3.05) is 45.3 Å². The Morgan fingerprint density at radius 3 is 1.95 bits per heavy atom. The van der Waals surface area contributed by atoms with Crippen molar-refractivity contribution >= 4 is 17.6 Å². The van der Waals surface area contributed by atoms with Crippen molar-refractivity contribution in [2.24, 2.45) is 0 Å². The Balaban J connectivity index is 1.41. The minimum absolute atomic E-state index is 0.0270. The number of rotatable bonds is 7. The number of carbonyl (C=O) groups excluding carboxylic acids is 2. The summed E-state index contributed by atoms with van der Waals surface area (Å²) in [6.07, 6.45) is 0. The van der Waals surface area contributed by atoms with E-state index in [0.29, 0.717) is 16.9 Å². The van der Waals surface area contributed by atoms with E-state index in [2.05, 4.69) is 39.2 Å². The third-order valence-electron chi connectivity index (χ3n) is 6.78. The average molecular weight is 511 g/mol. The van der Waals surface area contributed by atoms with E-state index in [1.165, 1.54) is 24.5 Å². The third-order valence-corrected chi connectivity index (χ3v) is 6.78. The molecule has 1 aliphatic heterocycles. The fraction of sp³-hybridized carbons (Fsp3) is 0.233. The largest absolute Gasteiger partial charge is 0.465 e. The average Bonchev–Trinajstić information content (AvgIpc) is 3.39. The monoisotopic (exact) mass is 510 g/mol. The Bertz CT molecular complexity index is 1390. The molecule has 4 aromatic rings. The molecule has 3 aromatic carbocycles. The normalized spacial score (nSPS) is 13.8. The van der Waals surface area contributed by atoms with Gasteiger partial charge in [0, 0.05) is 44.0 Å². The summed E-state index contributed by atoms with van der Waals surface area (Å²) in [4.78, 5) is 30.5. The van der Waals surface area contributed by atoms with Crippen LogP contribution in [0.4, 0.5) is 5.69 Å². The second kappa shape index (κ2) is 11.3. The van der Waals surface area contributed by atoms with Gasteiger partial charge in [-0.05, 0) is 29.8 Å². The van der Waals surface area contributed by atoms with Crippen LogP contribution in [-0.4, -0.2) is 67.0 Å². The highest BCUT2D eigenvalue weighted by atomic mass is 16.5. The third kappa shape index (κ3) is 5.17. The number of nitrogens with zero attached hydrogens (tertiary/aromatic N) is 4. The van der Waals surface area contributed by atoms with Crippen molar-refractivity contribution in [1.82, 2.24) is 14.7 Å². The number of piperazine rings is 1. The minimum Gasteiger partial charge on any atom is -0.465 e. The van der Waals surface area contributed by atoms with Crippen LogP contribution in [0.5, 0.6) is 0 Å². The fourth-order valence-electron chi connectivity index (χ4n) is 4.79. The summed E-state index contributed by atoms with van der Waals surface area (Å²) in [5.41, 5.74) is 4.23. The maximum atomic E-state index is 12.9. The smallest absolute Gasteiger partial charge is 0.357 e. The highest BCUT2D eigenvalue weighted by Gasteiger charge is 2.31. The van der Waals surface area contributed by atoms with Crippen molar-refractivity contribution in [3.05, 3.63) is 102 Å². The first-order chi connectivity index (χ1) is 18.6.